The third kappa shape index (κ3) is 8.78. The Balaban J connectivity index is 0.984. The van der Waals surface area contributed by atoms with Crippen LogP contribution in [-0.2, 0) is 37.9 Å². The highest BCUT2D eigenvalue weighted by atomic mass is 32.7. The van der Waals surface area contributed by atoms with E-state index in [1.807, 2.05) is 6.92 Å². The summed E-state index contributed by atoms with van der Waals surface area (Å²) in [4.78, 5) is 37.5. The quantitative estimate of drug-likeness (QED) is 0.0851. The van der Waals surface area contributed by atoms with Gasteiger partial charge in [-0.15, -0.1) is 0 Å². The molecule has 0 saturated carbocycles. The second-order valence-corrected chi connectivity index (χ2v) is 21.6. The van der Waals surface area contributed by atoms with E-state index >= 15 is 13.3 Å². The van der Waals surface area contributed by atoms with Crippen molar-refractivity contribution in [3.63, 3.8) is 0 Å². The van der Waals surface area contributed by atoms with Gasteiger partial charge in [0.1, 0.15) is 47.4 Å². The SMILES string of the molecule is B[P@@]1(=O)C[C@H]2[C@@H](F)[C@H](n3cnc4c(N)ncnc43)O[C@@H]2COP(=O)(SCc2ccc(OC(=O)c3ccc(OCC)cc3)cc2)O[C@H]2[C@@H](F)[C@H](n3cnc4c(N)ncnc43)O[C@@H]2CO1. The lowest BCUT2D eigenvalue weighted by Crippen LogP contribution is -2.35. The first-order valence-electron chi connectivity index (χ1n) is 19.6. The lowest BCUT2D eigenvalue weighted by Gasteiger charge is -2.30. The van der Waals surface area contributed by atoms with Crippen molar-refractivity contribution in [1.29, 1.82) is 0 Å². The van der Waals surface area contributed by atoms with E-state index < -0.39 is 82.3 Å². The number of carbonyl (C=O) groups is 1. The molecule has 20 nitrogen and oxygen atoms in total. The molecule has 0 aliphatic carbocycles. The normalized spacial score (nSPS) is 30.0. The molecule has 330 valence electrons. The second kappa shape index (κ2) is 17.5. The number of alkyl halides is 2. The molecule has 9 rings (SSSR count). The number of rotatable bonds is 9. The number of esters is 1. The molecule has 4 aromatic heterocycles. The summed E-state index contributed by atoms with van der Waals surface area (Å²) >= 11 is 0.738. The van der Waals surface area contributed by atoms with Gasteiger partial charge in [-0.1, -0.05) is 12.1 Å². The lowest BCUT2D eigenvalue weighted by molar-refractivity contribution is -0.0448. The minimum Gasteiger partial charge on any atom is -0.494 e. The molecule has 0 radical (unpaired) electrons. The van der Waals surface area contributed by atoms with Gasteiger partial charge in [0.05, 0.1) is 44.1 Å². The third-order valence-corrected chi connectivity index (χ3v) is 16.1. The van der Waals surface area contributed by atoms with Crippen LogP contribution in [0.4, 0.5) is 20.4 Å². The maximum absolute atomic E-state index is 16.9. The van der Waals surface area contributed by atoms with Crippen molar-refractivity contribution in [2.24, 2.45) is 5.92 Å². The van der Waals surface area contributed by atoms with Crippen LogP contribution in [0.2, 0.25) is 0 Å². The Hall–Kier alpha value is -5.06. The number of anilines is 2. The van der Waals surface area contributed by atoms with Gasteiger partial charge in [-0.2, -0.15) is 0 Å². The number of hydrogen-bond acceptors (Lipinski definition) is 19. The van der Waals surface area contributed by atoms with Gasteiger partial charge in [0.2, 0.25) is 7.57 Å². The molecule has 4 N–H and O–H groups in total. The highest BCUT2D eigenvalue weighted by Crippen LogP contribution is 2.65. The average molecular weight is 927 g/mol. The van der Waals surface area contributed by atoms with Crippen molar-refractivity contribution in [1.82, 2.24) is 39.0 Å². The maximum Gasteiger partial charge on any atom is 0.389 e. The van der Waals surface area contributed by atoms with Gasteiger partial charge >= 0.3 is 12.8 Å². The molecule has 3 aliphatic rings. The summed E-state index contributed by atoms with van der Waals surface area (Å²) in [6.45, 7) is -3.15. The highest BCUT2D eigenvalue weighted by molar-refractivity contribution is 8.54. The topological polar surface area (TPSA) is 255 Å². The van der Waals surface area contributed by atoms with Crippen molar-refractivity contribution in [2.45, 2.75) is 55.8 Å². The predicted molar refractivity (Wildman–Crippen MR) is 226 cm³/mol. The number of nitrogen functional groups attached to an aromatic ring is 2. The number of aromatic nitrogens is 8. The van der Waals surface area contributed by atoms with Crippen molar-refractivity contribution in [2.75, 3.05) is 37.4 Å². The van der Waals surface area contributed by atoms with Crippen LogP contribution in [-0.4, -0.2) is 109 Å². The number of halogens is 2. The smallest absolute Gasteiger partial charge is 0.389 e. The van der Waals surface area contributed by atoms with Gasteiger partial charge in [0.15, 0.2) is 55.0 Å². The summed E-state index contributed by atoms with van der Waals surface area (Å²) in [5.74, 6) is -0.720. The molecular formula is C37H39BF2N10O10P2S. The Morgan fingerprint density at radius 2 is 1.41 bits per heavy atom. The summed E-state index contributed by atoms with van der Waals surface area (Å²) < 4.78 is 107. The third-order valence-electron chi connectivity index (χ3n) is 10.7. The first-order chi connectivity index (χ1) is 30.3. The summed E-state index contributed by atoms with van der Waals surface area (Å²) in [5.41, 5.74) is 13.7. The first-order valence-corrected chi connectivity index (χ1v) is 25.0. The van der Waals surface area contributed by atoms with Crippen molar-refractivity contribution in [3.05, 3.63) is 85.0 Å². The molecular weight excluding hydrogens is 887 g/mol. The second-order valence-electron chi connectivity index (χ2n) is 14.9. The Kier molecular flexibility index (Phi) is 12.0. The number of nitrogens with two attached hydrogens (primary N) is 2. The van der Waals surface area contributed by atoms with E-state index in [4.69, 9.17) is 44.0 Å². The number of imidazole rings is 2. The molecule has 1 unspecified atom stereocenters. The van der Waals surface area contributed by atoms with E-state index in [1.54, 1.807) is 48.5 Å². The zero-order chi connectivity index (χ0) is 44.0. The maximum atomic E-state index is 16.9. The molecule has 10 atom stereocenters. The van der Waals surface area contributed by atoms with Crippen LogP contribution in [0, 0.1) is 5.92 Å². The summed E-state index contributed by atoms with van der Waals surface area (Å²) in [6.07, 6.45) is -6.08. The van der Waals surface area contributed by atoms with Crippen LogP contribution in [0.25, 0.3) is 22.3 Å². The van der Waals surface area contributed by atoms with Gasteiger partial charge in [-0.25, -0.2) is 48.0 Å². The monoisotopic (exact) mass is 926 g/mol. The standard InChI is InChI=1S/C37H39BF2N10O10P2S/c1-2-54-21-9-5-20(6-10-21)37(51)57-22-7-3-19(4-8-22)14-63-62(53)56-11-24-23(26(39)35(58-24)49-17-47-28-31(41)43-15-45-33(28)49)13-61(38,52)55-12-25-30(60-62)27(40)36(59-25)50-18-48-29-32(42)44-16-46-34(29)50/h3-10,15-18,23-27,30,35-36H,2,11-14,38H2,1H3,(H2,41,43,45)(H2,42,44,46)/t23-,24-,25-,26-,27-,30-,35-,36-,61-,62?/m1/s1. The fourth-order valence-electron chi connectivity index (χ4n) is 7.57. The van der Waals surface area contributed by atoms with Crippen LogP contribution in [0.1, 0.15) is 35.3 Å². The van der Waals surface area contributed by atoms with Crippen LogP contribution < -0.4 is 20.9 Å². The fraction of sp³-hybridized carbons (Fsp3) is 0.378. The molecule has 2 aromatic carbocycles. The minimum atomic E-state index is -4.46. The lowest BCUT2D eigenvalue weighted by atomic mass is 10.0. The van der Waals surface area contributed by atoms with Crippen molar-refractivity contribution < 1.29 is 55.2 Å². The summed E-state index contributed by atoms with van der Waals surface area (Å²) in [7, 11) is -2.36. The van der Waals surface area contributed by atoms with Crippen LogP contribution in [0.5, 0.6) is 11.5 Å². The number of benzene rings is 2. The van der Waals surface area contributed by atoms with E-state index in [0.717, 1.165) is 11.4 Å². The number of nitrogens with zero attached hydrogens (tertiary/aromatic N) is 8. The van der Waals surface area contributed by atoms with Gasteiger partial charge in [-0.3, -0.25) is 18.2 Å². The number of carbonyl (C=O) groups excluding carboxylic acids is 1. The molecule has 3 aliphatic heterocycles. The Labute approximate surface area is 361 Å². The Morgan fingerprint density at radius 1 is 0.825 bits per heavy atom. The van der Waals surface area contributed by atoms with Gasteiger partial charge in [0, 0.05) is 17.8 Å². The Morgan fingerprint density at radius 3 is 2.05 bits per heavy atom. The van der Waals surface area contributed by atoms with Crippen LogP contribution >= 0.6 is 25.4 Å². The van der Waals surface area contributed by atoms with E-state index in [2.05, 4.69) is 29.9 Å². The largest absolute Gasteiger partial charge is 0.494 e. The predicted octanol–water partition coefficient (Wildman–Crippen LogP) is 4.84. The van der Waals surface area contributed by atoms with E-state index in [0.29, 0.717) is 23.5 Å². The molecule has 0 spiro atoms. The average Bonchev–Trinajstić information content (AvgIpc) is 4.04. The molecule has 26 heteroatoms. The molecule has 3 fully saturated rings. The molecule has 6 aromatic rings. The number of hydrogen-bond donors (Lipinski definition) is 2. The van der Waals surface area contributed by atoms with Crippen LogP contribution in [0.15, 0.2) is 73.8 Å². The minimum absolute atomic E-state index is 0.00248. The molecule has 0 bridgehead atoms. The highest BCUT2D eigenvalue weighted by Gasteiger charge is 2.54. The summed E-state index contributed by atoms with van der Waals surface area (Å²) in [5, 5.41) is 0. The first kappa shape index (κ1) is 43.2. The fourth-order valence-corrected chi connectivity index (χ4v) is 12.7. The summed E-state index contributed by atoms with van der Waals surface area (Å²) in [6, 6.07) is 12.9. The molecule has 7 heterocycles. The number of fused-ring (bicyclic) bond motifs is 4. The van der Waals surface area contributed by atoms with Gasteiger partial charge in [0.25, 0.3) is 0 Å². The zero-order valence-corrected chi connectivity index (χ0v) is 36.1. The van der Waals surface area contributed by atoms with Crippen molar-refractivity contribution in [3.8, 4) is 11.5 Å². The number of ether oxygens (including phenoxy) is 4. The van der Waals surface area contributed by atoms with E-state index in [9.17, 15) is 9.36 Å². The molecule has 63 heavy (non-hydrogen) atoms. The van der Waals surface area contributed by atoms with Crippen LogP contribution in [0.3, 0.4) is 0 Å². The van der Waals surface area contributed by atoms with E-state index in [-0.39, 0.29) is 51.6 Å². The van der Waals surface area contributed by atoms with Gasteiger partial charge < -0.3 is 39.5 Å². The van der Waals surface area contributed by atoms with E-state index in [1.165, 1.54) is 42.0 Å². The molecule has 0 amide bonds. The zero-order valence-electron chi connectivity index (χ0n) is 33.5. The van der Waals surface area contributed by atoms with Crippen molar-refractivity contribution >= 4 is 72.9 Å². The Bertz CT molecular complexity index is 2740. The van der Waals surface area contributed by atoms with Gasteiger partial charge in [-0.05, 0) is 60.3 Å². The molecule has 3 saturated heterocycles.